The molecule has 0 aliphatic carbocycles. The van der Waals surface area contributed by atoms with Gasteiger partial charge in [0, 0.05) is 25.1 Å². The zero-order valence-electron chi connectivity index (χ0n) is 17.4. The van der Waals surface area contributed by atoms with E-state index >= 15 is 0 Å². The minimum Gasteiger partial charge on any atom is -0.452 e. The predicted octanol–water partition coefficient (Wildman–Crippen LogP) is 2.48. The summed E-state index contributed by atoms with van der Waals surface area (Å²) in [4.78, 5) is 54.2. The average Bonchev–Trinajstić information content (AvgIpc) is 3.12. The molecule has 31 heavy (non-hydrogen) atoms. The SMILES string of the molecule is CCN1C(=O)c2ccccc2N2C(=O)CC[C@]12C(=O)OCC(=O)Nc1ccc(C)cc1. The Morgan fingerprint density at radius 1 is 1.10 bits per heavy atom. The number of ether oxygens (including phenoxy) is 1. The lowest BCUT2D eigenvalue weighted by Gasteiger charge is -2.47. The highest BCUT2D eigenvalue weighted by Gasteiger charge is 2.61. The second-order valence-electron chi connectivity index (χ2n) is 7.60. The lowest BCUT2D eigenvalue weighted by atomic mass is 9.96. The van der Waals surface area contributed by atoms with E-state index in [2.05, 4.69) is 5.32 Å². The summed E-state index contributed by atoms with van der Waals surface area (Å²) in [5.74, 6) is -1.90. The Hall–Kier alpha value is -3.68. The summed E-state index contributed by atoms with van der Waals surface area (Å²) >= 11 is 0. The molecule has 2 aromatic carbocycles. The fourth-order valence-corrected chi connectivity index (χ4v) is 4.25. The van der Waals surface area contributed by atoms with E-state index < -0.39 is 24.1 Å². The molecule has 1 saturated heterocycles. The fraction of sp³-hybridized carbons (Fsp3) is 0.304. The largest absolute Gasteiger partial charge is 0.452 e. The normalized spacial score (nSPS) is 19.7. The van der Waals surface area contributed by atoms with Gasteiger partial charge in [0.15, 0.2) is 6.61 Å². The number of aryl methyl sites for hydroxylation is 1. The molecule has 0 unspecified atom stereocenters. The molecular weight excluding hydrogens is 398 g/mol. The van der Waals surface area contributed by atoms with Gasteiger partial charge in [0.2, 0.25) is 11.6 Å². The van der Waals surface area contributed by atoms with Crippen LogP contribution in [0, 0.1) is 6.92 Å². The Labute approximate surface area is 179 Å². The van der Waals surface area contributed by atoms with Crippen LogP contribution in [0.4, 0.5) is 11.4 Å². The van der Waals surface area contributed by atoms with Gasteiger partial charge in [-0.2, -0.15) is 0 Å². The van der Waals surface area contributed by atoms with Crippen LogP contribution in [0.15, 0.2) is 48.5 Å². The van der Waals surface area contributed by atoms with Crippen molar-refractivity contribution in [1.82, 2.24) is 4.90 Å². The number of anilines is 2. The summed E-state index contributed by atoms with van der Waals surface area (Å²) in [6.07, 6.45) is 0.209. The van der Waals surface area contributed by atoms with Crippen LogP contribution in [0.5, 0.6) is 0 Å². The smallest absolute Gasteiger partial charge is 0.354 e. The molecule has 8 heteroatoms. The minimum atomic E-state index is -1.58. The van der Waals surface area contributed by atoms with Gasteiger partial charge in [-0.05, 0) is 38.1 Å². The highest BCUT2D eigenvalue weighted by Crippen LogP contribution is 2.44. The Bertz CT molecular complexity index is 1070. The molecule has 2 aliphatic heterocycles. The number of hydrogen-bond acceptors (Lipinski definition) is 5. The number of esters is 1. The van der Waals surface area contributed by atoms with Crippen LogP contribution in [0.25, 0.3) is 0 Å². The maximum absolute atomic E-state index is 13.3. The van der Waals surface area contributed by atoms with Crippen molar-refractivity contribution in [3.8, 4) is 0 Å². The number of carbonyl (C=O) groups is 4. The topological polar surface area (TPSA) is 96.0 Å². The minimum absolute atomic E-state index is 0.1000. The second-order valence-corrected chi connectivity index (χ2v) is 7.60. The van der Waals surface area contributed by atoms with Crippen LogP contribution in [0.2, 0.25) is 0 Å². The van der Waals surface area contributed by atoms with E-state index in [0.29, 0.717) is 16.9 Å². The number of fused-ring (bicyclic) bond motifs is 3. The molecule has 8 nitrogen and oxygen atoms in total. The first-order valence-corrected chi connectivity index (χ1v) is 10.2. The number of hydrogen-bond donors (Lipinski definition) is 1. The second kappa shape index (κ2) is 7.86. The Balaban J connectivity index is 1.58. The quantitative estimate of drug-likeness (QED) is 0.749. The van der Waals surface area contributed by atoms with Gasteiger partial charge in [-0.15, -0.1) is 0 Å². The van der Waals surface area contributed by atoms with Crippen LogP contribution in [-0.4, -0.2) is 47.4 Å². The van der Waals surface area contributed by atoms with Crippen molar-refractivity contribution in [2.45, 2.75) is 32.4 Å². The zero-order valence-corrected chi connectivity index (χ0v) is 17.4. The van der Waals surface area contributed by atoms with Crippen LogP contribution >= 0.6 is 0 Å². The molecule has 1 N–H and O–H groups in total. The zero-order chi connectivity index (χ0) is 22.2. The molecule has 2 aromatic rings. The van der Waals surface area contributed by atoms with E-state index in [0.717, 1.165) is 5.56 Å². The molecule has 0 saturated carbocycles. The molecule has 2 aliphatic rings. The van der Waals surface area contributed by atoms with Gasteiger partial charge < -0.3 is 15.0 Å². The van der Waals surface area contributed by atoms with Crippen molar-refractivity contribution < 1.29 is 23.9 Å². The van der Waals surface area contributed by atoms with E-state index in [4.69, 9.17) is 4.74 Å². The van der Waals surface area contributed by atoms with Crippen molar-refractivity contribution >= 4 is 35.1 Å². The molecule has 160 valence electrons. The van der Waals surface area contributed by atoms with Gasteiger partial charge in [-0.25, -0.2) is 4.79 Å². The molecule has 1 fully saturated rings. The molecule has 4 rings (SSSR count). The maximum atomic E-state index is 13.3. The maximum Gasteiger partial charge on any atom is 0.354 e. The van der Waals surface area contributed by atoms with Crippen molar-refractivity contribution in [2.75, 3.05) is 23.4 Å². The summed E-state index contributed by atoms with van der Waals surface area (Å²) < 4.78 is 5.35. The number of nitrogens with one attached hydrogen (secondary N) is 1. The average molecular weight is 421 g/mol. The standard InChI is InChI=1S/C23H23N3O5/c1-3-25-21(29)17-6-4-5-7-18(17)26-20(28)12-13-23(25,26)22(30)31-14-19(27)24-16-10-8-15(2)9-11-16/h4-11H,3,12-14H2,1-2H3,(H,24,27)/t23-/m0/s1. The molecule has 0 bridgehead atoms. The summed E-state index contributed by atoms with van der Waals surface area (Å²) in [5, 5.41) is 2.67. The summed E-state index contributed by atoms with van der Waals surface area (Å²) in [6, 6.07) is 13.9. The van der Waals surface area contributed by atoms with Crippen LogP contribution in [0.3, 0.4) is 0 Å². The van der Waals surface area contributed by atoms with E-state index in [9.17, 15) is 19.2 Å². The predicted molar refractivity (Wildman–Crippen MR) is 113 cm³/mol. The van der Waals surface area contributed by atoms with Crippen molar-refractivity contribution in [2.24, 2.45) is 0 Å². The third kappa shape index (κ3) is 3.34. The van der Waals surface area contributed by atoms with Gasteiger partial charge in [0.1, 0.15) is 0 Å². The van der Waals surface area contributed by atoms with Gasteiger partial charge >= 0.3 is 5.97 Å². The number of likely N-dealkylation sites (N-methyl/N-ethyl adjacent to an activating group) is 1. The molecule has 3 amide bonds. The number of benzene rings is 2. The number of rotatable bonds is 5. The summed E-state index contributed by atoms with van der Waals surface area (Å²) in [6.45, 7) is 3.36. The number of amides is 3. The van der Waals surface area contributed by atoms with Crippen molar-refractivity contribution in [1.29, 1.82) is 0 Å². The van der Waals surface area contributed by atoms with E-state index in [1.807, 2.05) is 19.1 Å². The summed E-state index contributed by atoms with van der Waals surface area (Å²) in [5.41, 5.74) is 0.804. The fourth-order valence-electron chi connectivity index (χ4n) is 4.25. The summed E-state index contributed by atoms with van der Waals surface area (Å²) in [7, 11) is 0. The monoisotopic (exact) mass is 421 g/mol. The van der Waals surface area contributed by atoms with E-state index in [1.165, 1.54) is 9.80 Å². The lowest BCUT2D eigenvalue weighted by molar-refractivity contribution is -0.159. The van der Waals surface area contributed by atoms with Crippen LogP contribution in [-0.2, 0) is 19.1 Å². The van der Waals surface area contributed by atoms with E-state index in [1.54, 1.807) is 43.3 Å². The molecule has 1 atom stereocenters. The highest BCUT2D eigenvalue weighted by molar-refractivity contribution is 6.15. The first kappa shape index (κ1) is 20.6. The Morgan fingerprint density at radius 3 is 2.52 bits per heavy atom. The molecule has 0 aromatic heterocycles. The third-order valence-electron chi connectivity index (χ3n) is 5.69. The van der Waals surface area contributed by atoms with Crippen molar-refractivity contribution in [3.63, 3.8) is 0 Å². The highest BCUT2D eigenvalue weighted by atomic mass is 16.5. The van der Waals surface area contributed by atoms with Gasteiger partial charge in [-0.1, -0.05) is 29.8 Å². The van der Waals surface area contributed by atoms with E-state index in [-0.39, 0.29) is 31.2 Å². The first-order valence-electron chi connectivity index (χ1n) is 10.2. The molecule has 0 radical (unpaired) electrons. The Kier molecular flexibility index (Phi) is 5.22. The number of nitrogens with zero attached hydrogens (tertiary/aromatic N) is 2. The molecule has 2 heterocycles. The number of carbonyl (C=O) groups excluding carboxylic acids is 4. The number of para-hydroxylation sites is 1. The molecule has 0 spiro atoms. The first-order chi connectivity index (χ1) is 14.9. The lowest BCUT2D eigenvalue weighted by Crippen LogP contribution is -2.68. The van der Waals surface area contributed by atoms with Crippen molar-refractivity contribution in [3.05, 3.63) is 59.7 Å². The third-order valence-corrected chi connectivity index (χ3v) is 5.69. The van der Waals surface area contributed by atoms with Gasteiger partial charge in [0.05, 0.1) is 11.3 Å². The van der Waals surface area contributed by atoms with Gasteiger partial charge in [0.25, 0.3) is 11.8 Å². The van der Waals surface area contributed by atoms with Crippen LogP contribution < -0.4 is 10.2 Å². The van der Waals surface area contributed by atoms with Crippen LogP contribution in [0.1, 0.15) is 35.7 Å². The Morgan fingerprint density at radius 2 is 1.81 bits per heavy atom. The molecular formula is C23H23N3O5. The van der Waals surface area contributed by atoms with Gasteiger partial charge in [-0.3, -0.25) is 19.3 Å².